The Bertz CT molecular complexity index is 828. The third-order valence-electron chi connectivity index (χ3n) is 3.32. The lowest BCUT2D eigenvalue weighted by Crippen LogP contribution is -2.11. The fraction of sp³-hybridized carbons (Fsp3) is 0.111. The molecule has 0 atom stereocenters. The van der Waals surface area contributed by atoms with Gasteiger partial charge in [0.15, 0.2) is 0 Å². The Balaban J connectivity index is 1.91. The average molecular weight is 340 g/mol. The molecule has 3 nitrogen and oxygen atoms in total. The van der Waals surface area contributed by atoms with Gasteiger partial charge in [0.2, 0.25) is 0 Å². The Morgan fingerprint density at radius 1 is 1.13 bits per heavy atom. The molecular weight excluding hydrogens is 324 g/mol. The maximum absolute atomic E-state index is 12.7. The number of aryl methyl sites for hydroxylation is 1. The van der Waals surface area contributed by atoms with E-state index in [1.165, 1.54) is 11.3 Å². The molecule has 2 aromatic carbocycles. The van der Waals surface area contributed by atoms with Crippen LogP contribution in [0.4, 0.5) is 5.69 Å². The van der Waals surface area contributed by atoms with Gasteiger partial charge in [-0.1, -0.05) is 36.4 Å². The number of thioether (sulfide) groups is 1. The van der Waals surface area contributed by atoms with Crippen molar-refractivity contribution < 1.29 is 4.79 Å². The number of nitrogens with one attached hydrogen (secondary N) is 1. The first kappa shape index (κ1) is 15.8. The number of carbonyl (C=O) groups is 1. The van der Waals surface area contributed by atoms with Crippen molar-refractivity contribution in [3.8, 4) is 11.3 Å². The summed E-state index contributed by atoms with van der Waals surface area (Å²) in [6.45, 7) is 1.92. The van der Waals surface area contributed by atoms with Gasteiger partial charge in [-0.25, -0.2) is 4.98 Å². The van der Waals surface area contributed by atoms with Gasteiger partial charge in [0.1, 0.15) is 4.88 Å². The number of hydrogen-bond donors (Lipinski definition) is 1. The lowest BCUT2D eigenvalue weighted by atomic mass is 10.1. The van der Waals surface area contributed by atoms with Crippen LogP contribution in [0.15, 0.2) is 59.5 Å². The van der Waals surface area contributed by atoms with E-state index in [-0.39, 0.29) is 5.91 Å². The molecule has 1 aromatic heterocycles. The molecule has 0 aliphatic heterocycles. The molecule has 0 fully saturated rings. The highest BCUT2D eigenvalue weighted by atomic mass is 32.2. The van der Waals surface area contributed by atoms with Crippen LogP contribution in [0.2, 0.25) is 0 Å². The van der Waals surface area contributed by atoms with E-state index in [2.05, 4.69) is 10.3 Å². The fourth-order valence-electron chi connectivity index (χ4n) is 2.26. The van der Waals surface area contributed by atoms with Crippen LogP contribution in [0.5, 0.6) is 0 Å². The summed E-state index contributed by atoms with van der Waals surface area (Å²) >= 11 is 3.07. The lowest BCUT2D eigenvalue weighted by molar-refractivity contribution is 0.103. The molecule has 0 spiro atoms. The van der Waals surface area contributed by atoms with Crippen molar-refractivity contribution >= 4 is 34.7 Å². The Hall–Kier alpha value is -2.11. The normalized spacial score (nSPS) is 10.5. The Labute approximate surface area is 143 Å². The molecule has 5 heteroatoms. The van der Waals surface area contributed by atoms with Crippen LogP contribution >= 0.6 is 23.1 Å². The summed E-state index contributed by atoms with van der Waals surface area (Å²) in [5.41, 5.74) is 2.50. The standard InChI is InChI=1S/C18H16N2OS2/c1-12-19-16(13-7-4-3-5-8-13)17(23-12)18(21)20-14-9-6-10-15(11-14)22-2/h3-11H,1-2H3,(H,20,21). The molecule has 1 amide bonds. The third-order valence-corrected chi connectivity index (χ3v) is 5.01. The summed E-state index contributed by atoms with van der Waals surface area (Å²) in [6, 6.07) is 17.6. The number of anilines is 1. The van der Waals surface area contributed by atoms with Gasteiger partial charge in [0.25, 0.3) is 5.91 Å². The van der Waals surface area contributed by atoms with Gasteiger partial charge in [0.05, 0.1) is 10.7 Å². The number of nitrogens with zero attached hydrogens (tertiary/aromatic N) is 1. The first-order valence-corrected chi connectivity index (χ1v) is 9.20. The molecule has 116 valence electrons. The van der Waals surface area contributed by atoms with Crippen molar-refractivity contribution in [3.63, 3.8) is 0 Å². The van der Waals surface area contributed by atoms with Crippen molar-refractivity contribution in [2.24, 2.45) is 0 Å². The summed E-state index contributed by atoms with van der Waals surface area (Å²) in [5, 5.41) is 3.86. The van der Waals surface area contributed by atoms with Crippen molar-refractivity contribution in [2.45, 2.75) is 11.8 Å². The first-order chi connectivity index (χ1) is 11.2. The molecule has 0 aliphatic rings. The van der Waals surface area contributed by atoms with Gasteiger partial charge < -0.3 is 5.32 Å². The summed E-state index contributed by atoms with van der Waals surface area (Å²) in [4.78, 5) is 19.0. The Kier molecular flexibility index (Phi) is 4.79. The van der Waals surface area contributed by atoms with Gasteiger partial charge in [-0.2, -0.15) is 0 Å². The number of hydrogen-bond acceptors (Lipinski definition) is 4. The minimum atomic E-state index is -0.118. The predicted molar refractivity (Wildman–Crippen MR) is 98.5 cm³/mol. The number of benzene rings is 2. The first-order valence-electron chi connectivity index (χ1n) is 7.15. The van der Waals surface area contributed by atoms with E-state index in [0.29, 0.717) is 4.88 Å². The van der Waals surface area contributed by atoms with Crippen LogP contribution in [0, 0.1) is 6.92 Å². The Morgan fingerprint density at radius 2 is 1.91 bits per heavy atom. The Morgan fingerprint density at radius 3 is 2.65 bits per heavy atom. The van der Waals surface area contributed by atoms with Crippen LogP contribution in [-0.2, 0) is 0 Å². The maximum atomic E-state index is 12.7. The van der Waals surface area contributed by atoms with Crippen LogP contribution in [-0.4, -0.2) is 17.1 Å². The lowest BCUT2D eigenvalue weighted by Gasteiger charge is -2.06. The number of rotatable bonds is 4. The van der Waals surface area contributed by atoms with E-state index in [1.54, 1.807) is 11.8 Å². The average Bonchev–Trinajstić information content (AvgIpc) is 2.98. The van der Waals surface area contributed by atoms with E-state index in [9.17, 15) is 4.79 Å². The van der Waals surface area contributed by atoms with E-state index < -0.39 is 0 Å². The summed E-state index contributed by atoms with van der Waals surface area (Å²) in [6.07, 6.45) is 2.01. The molecule has 0 saturated carbocycles. The predicted octanol–water partition coefficient (Wildman–Crippen LogP) is 5.09. The van der Waals surface area contributed by atoms with E-state index in [0.717, 1.165) is 26.8 Å². The second kappa shape index (κ2) is 6.98. The molecule has 23 heavy (non-hydrogen) atoms. The summed E-state index contributed by atoms with van der Waals surface area (Å²) in [5.74, 6) is -0.118. The number of amides is 1. The van der Waals surface area contributed by atoms with Crippen molar-refractivity contribution in [3.05, 3.63) is 64.5 Å². The molecule has 1 heterocycles. The highest BCUT2D eigenvalue weighted by Gasteiger charge is 2.18. The van der Waals surface area contributed by atoms with Crippen LogP contribution in [0.1, 0.15) is 14.7 Å². The second-order valence-electron chi connectivity index (χ2n) is 4.96. The number of carbonyl (C=O) groups excluding carboxylic acids is 1. The van der Waals surface area contributed by atoms with E-state index in [1.807, 2.05) is 67.8 Å². The smallest absolute Gasteiger partial charge is 0.268 e. The van der Waals surface area contributed by atoms with Gasteiger partial charge in [-0.15, -0.1) is 23.1 Å². The van der Waals surface area contributed by atoms with Crippen LogP contribution < -0.4 is 5.32 Å². The van der Waals surface area contributed by atoms with Gasteiger partial charge >= 0.3 is 0 Å². The zero-order chi connectivity index (χ0) is 16.2. The van der Waals surface area contributed by atoms with Crippen LogP contribution in [0.25, 0.3) is 11.3 Å². The largest absolute Gasteiger partial charge is 0.321 e. The molecule has 0 aliphatic carbocycles. The van der Waals surface area contributed by atoms with Gasteiger partial charge in [-0.3, -0.25) is 4.79 Å². The number of aromatic nitrogens is 1. The molecule has 0 radical (unpaired) electrons. The third kappa shape index (κ3) is 3.63. The topological polar surface area (TPSA) is 42.0 Å². The maximum Gasteiger partial charge on any atom is 0.268 e. The minimum absolute atomic E-state index is 0.118. The molecule has 0 saturated heterocycles. The quantitative estimate of drug-likeness (QED) is 0.672. The highest BCUT2D eigenvalue weighted by Crippen LogP contribution is 2.29. The van der Waals surface area contributed by atoms with Crippen molar-refractivity contribution in [1.29, 1.82) is 0 Å². The summed E-state index contributed by atoms with van der Waals surface area (Å²) < 4.78 is 0. The molecule has 0 bridgehead atoms. The monoisotopic (exact) mass is 340 g/mol. The van der Waals surface area contributed by atoms with Crippen molar-refractivity contribution in [1.82, 2.24) is 4.98 Å². The molecule has 1 N–H and O–H groups in total. The van der Waals surface area contributed by atoms with Gasteiger partial charge in [0, 0.05) is 16.1 Å². The second-order valence-corrected chi connectivity index (χ2v) is 7.05. The molecule has 0 unspecified atom stereocenters. The fourth-order valence-corrected chi connectivity index (χ4v) is 3.56. The van der Waals surface area contributed by atoms with Crippen LogP contribution in [0.3, 0.4) is 0 Å². The molecule has 3 aromatic rings. The molecule has 3 rings (SSSR count). The summed E-state index contributed by atoms with van der Waals surface area (Å²) in [7, 11) is 0. The minimum Gasteiger partial charge on any atom is -0.321 e. The molecular formula is C18H16N2OS2. The number of thiazole rings is 1. The van der Waals surface area contributed by atoms with E-state index >= 15 is 0 Å². The van der Waals surface area contributed by atoms with Crippen molar-refractivity contribution in [2.75, 3.05) is 11.6 Å². The zero-order valence-corrected chi connectivity index (χ0v) is 14.5. The zero-order valence-electron chi connectivity index (χ0n) is 12.9. The van der Waals surface area contributed by atoms with E-state index in [4.69, 9.17) is 0 Å². The SMILES string of the molecule is CSc1cccc(NC(=O)c2sc(C)nc2-c2ccccc2)c1. The highest BCUT2D eigenvalue weighted by molar-refractivity contribution is 7.98. The van der Waals surface area contributed by atoms with Gasteiger partial charge in [-0.05, 0) is 31.4 Å².